The summed E-state index contributed by atoms with van der Waals surface area (Å²) in [6.45, 7) is 2.11. The minimum atomic E-state index is -0.396. The van der Waals surface area contributed by atoms with Gasteiger partial charge in [-0.2, -0.15) is 16.8 Å². The van der Waals surface area contributed by atoms with Crippen LogP contribution >= 0.6 is 11.8 Å². The monoisotopic (exact) mass is 201 g/mol. The molecular weight excluding hydrogens is 190 g/mol. The Morgan fingerprint density at radius 1 is 1.77 bits per heavy atom. The van der Waals surface area contributed by atoms with E-state index >= 15 is 0 Å². The molecule has 0 saturated carbocycles. The largest absolute Gasteiger partial charge is 0.343 e. The second-order valence-corrected chi connectivity index (χ2v) is 3.76. The molecule has 0 aromatic heterocycles. The summed E-state index contributed by atoms with van der Waals surface area (Å²) in [4.78, 5) is 25.5. The van der Waals surface area contributed by atoms with Crippen molar-refractivity contribution in [2.24, 2.45) is 4.99 Å². The Bertz CT molecular complexity index is 264. The van der Waals surface area contributed by atoms with E-state index in [-0.39, 0.29) is 11.2 Å². The third-order valence-electron chi connectivity index (χ3n) is 1.63. The van der Waals surface area contributed by atoms with E-state index in [1.165, 1.54) is 11.8 Å². The van der Waals surface area contributed by atoms with Gasteiger partial charge >= 0.3 is 6.03 Å². The smallest absolute Gasteiger partial charge is 0.329 e. The Morgan fingerprint density at radius 2 is 2.46 bits per heavy atom. The molecule has 3 amide bonds. The highest BCUT2D eigenvalue weighted by atomic mass is 32.2. The summed E-state index contributed by atoms with van der Waals surface area (Å²) < 4.78 is 0. The summed E-state index contributed by atoms with van der Waals surface area (Å²) in [6.07, 6.45) is 1.85. The zero-order valence-corrected chi connectivity index (χ0v) is 8.27. The lowest BCUT2D eigenvalue weighted by Crippen LogP contribution is -2.38. The van der Waals surface area contributed by atoms with Crippen molar-refractivity contribution >= 4 is 29.5 Å². The van der Waals surface area contributed by atoms with Gasteiger partial charge in [-0.25, -0.2) is 4.79 Å². The number of hydrogen-bond donors (Lipinski definition) is 2. The van der Waals surface area contributed by atoms with Crippen molar-refractivity contribution in [2.45, 2.75) is 12.2 Å². The minimum absolute atomic E-state index is 0.122. The molecule has 0 saturated heterocycles. The van der Waals surface area contributed by atoms with Crippen LogP contribution in [0, 0.1) is 0 Å². The molecule has 2 N–H and O–H groups in total. The SMILES string of the molecule is CSC(C)C(=O)NC1=NC(=O)NC1. The Hall–Kier alpha value is -1.04. The van der Waals surface area contributed by atoms with Crippen molar-refractivity contribution in [2.75, 3.05) is 12.8 Å². The number of aliphatic imine (C=N–C) groups is 1. The molecule has 13 heavy (non-hydrogen) atoms. The lowest BCUT2D eigenvalue weighted by Gasteiger charge is -2.07. The molecule has 1 aliphatic heterocycles. The van der Waals surface area contributed by atoms with Crippen LogP contribution in [-0.2, 0) is 4.79 Å². The predicted octanol–water partition coefficient (Wildman–Crippen LogP) is -0.0242. The Labute approximate surface area is 80.4 Å². The molecule has 0 fully saturated rings. The average molecular weight is 201 g/mol. The van der Waals surface area contributed by atoms with Crippen molar-refractivity contribution in [3.8, 4) is 0 Å². The first kappa shape index (κ1) is 10.0. The normalized spacial score (nSPS) is 17.7. The number of urea groups is 1. The molecule has 72 valence electrons. The van der Waals surface area contributed by atoms with E-state index in [4.69, 9.17) is 0 Å². The summed E-state index contributed by atoms with van der Waals surface area (Å²) in [7, 11) is 0. The molecule has 0 spiro atoms. The number of carbonyl (C=O) groups is 2. The van der Waals surface area contributed by atoms with E-state index < -0.39 is 6.03 Å². The first-order chi connectivity index (χ1) is 6.13. The number of nitrogens with zero attached hydrogens (tertiary/aromatic N) is 1. The van der Waals surface area contributed by atoms with Crippen LogP contribution in [0.3, 0.4) is 0 Å². The van der Waals surface area contributed by atoms with Gasteiger partial charge in [-0.05, 0) is 13.2 Å². The van der Waals surface area contributed by atoms with Gasteiger partial charge in [0, 0.05) is 0 Å². The zero-order valence-electron chi connectivity index (χ0n) is 7.46. The maximum Gasteiger partial charge on any atom is 0.343 e. The predicted molar refractivity (Wildman–Crippen MR) is 52.0 cm³/mol. The third kappa shape index (κ3) is 2.73. The van der Waals surface area contributed by atoms with E-state index in [0.717, 1.165) is 0 Å². The van der Waals surface area contributed by atoms with Crippen LogP contribution in [0.5, 0.6) is 0 Å². The van der Waals surface area contributed by atoms with Gasteiger partial charge in [0.1, 0.15) is 5.84 Å². The fourth-order valence-electron chi connectivity index (χ4n) is 0.784. The van der Waals surface area contributed by atoms with Gasteiger partial charge in [0.15, 0.2) is 0 Å². The lowest BCUT2D eigenvalue weighted by atomic mass is 10.4. The minimum Gasteiger partial charge on any atom is -0.329 e. The highest BCUT2D eigenvalue weighted by Gasteiger charge is 2.17. The number of thioether (sulfide) groups is 1. The zero-order chi connectivity index (χ0) is 9.84. The molecule has 0 radical (unpaired) electrons. The summed E-state index contributed by atoms with van der Waals surface area (Å²) in [5.41, 5.74) is 0. The fraction of sp³-hybridized carbons (Fsp3) is 0.571. The molecule has 1 atom stereocenters. The molecule has 1 unspecified atom stereocenters. The van der Waals surface area contributed by atoms with E-state index in [0.29, 0.717) is 12.4 Å². The highest BCUT2D eigenvalue weighted by molar-refractivity contribution is 7.99. The lowest BCUT2D eigenvalue weighted by molar-refractivity contribution is -0.118. The molecule has 0 aliphatic carbocycles. The quantitative estimate of drug-likeness (QED) is 0.659. The first-order valence-corrected chi connectivity index (χ1v) is 5.11. The molecule has 1 aliphatic rings. The molecule has 1 rings (SSSR count). The van der Waals surface area contributed by atoms with Crippen LogP contribution in [0.25, 0.3) is 0 Å². The summed E-state index contributed by atoms with van der Waals surface area (Å²) in [6, 6.07) is -0.396. The van der Waals surface area contributed by atoms with Crippen molar-refractivity contribution < 1.29 is 9.59 Å². The fourth-order valence-corrected chi connectivity index (χ4v) is 1.06. The third-order valence-corrected chi connectivity index (χ3v) is 2.56. The number of nitrogens with one attached hydrogen (secondary N) is 2. The number of amides is 3. The molecule has 0 bridgehead atoms. The van der Waals surface area contributed by atoms with Crippen LogP contribution in [-0.4, -0.2) is 35.8 Å². The van der Waals surface area contributed by atoms with Crippen molar-refractivity contribution in [1.29, 1.82) is 0 Å². The molecule has 1 heterocycles. The van der Waals surface area contributed by atoms with Gasteiger partial charge in [0.05, 0.1) is 11.8 Å². The highest BCUT2D eigenvalue weighted by Crippen LogP contribution is 2.04. The van der Waals surface area contributed by atoms with Crippen molar-refractivity contribution in [3.63, 3.8) is 0 Å². The Kier molecular flexibility index (Phi) is 3.30. The van der Waals surface area contributed by atoms with Crippen LogP contribution in [0.4, 0.5) is 4.79 Å². The molecule has 6 heteroatoms. The van der Waals surface area contributed by atoms with Crippen LogP contribution < -0.4 is 10.6 Å². The van der Waals surface area contributed by atoms with E-state index in [9.17, 15) is 9.59 Å². The van der Waals surface area contributed by atoms with Gasteiger partial charge in [-0.1, -0.05) is 0 Å². The molecule has 0 aromatic carbocycles. The maximum atomic E-state index is 11.3. The van der Waals surface area contributed by atoms with Crippen molar-refractivity contribution in [1.82, 2.24) is 10.6 Å². The summed E-state index contributed by atoms with van der Waals surface area (Å²) >= 11 is 1.44. The number of rotatable bonds is 2. The number of carbonyl (C=O) groups excluding carboxylic acids is 2. The summed E-state index contributed by atoms with van der Waals surface area (Å²) in [5, 5.41) is 4.91. The van der Waals surface area contributed by atoms with E-state index in [2.05, 4.69) is 15.6 Å². The van der Waals surface area contributed by atoms with Crippen LogP contribution in [0.1, 0.15) is 6.92 Å². The van der Waals surface area contributed by atoms with Crippen molar-refractivity contribution in [3.05, 3.63) is 0 Å². The van der Waals surface area contributed by atoms with Gasteiger partial charge < -0.3 is 10.6 Å². The van der Waals surface area contributed by atoms with E-state index in [1.807, 2.05) is 6.26 Å². The second kappa shape index (κ2) is 4.27. The Morgan fingerprint density at radius 3 is 2.92 bits per heavy atom. The number of hydrogen-bond acceptors (Lipinski definition) is 3. The van der Waals surface area contributed by atoms with Crippen LogP contribution in [0.15, 0.2) is 4.99 Å². The molecule has 0 aromatic rings. The van der Waals surface area contributed by atoms with Gasteiger partial charge in [0.25, 0.3) is 0 Å². The maximum absolute atomic E-state index is 11.3. The number of amidine groups is 1. The summed E-state index contributed by atoms with van der Waals surface area (Å²) in [5.74, 6) is 0.277. The molecule has 5 nitrogen and oxygen atoms in total. The van der Waals surface area contributed by atoms with Gasteiger partial charge in [0.2, 0.25) is 5.91 Å². The second-order valence-electron chi connectivity index (χ2n) is 2.58. The first-order valence-electron chi connectivity index (χ1n) is 3.82. The van der Waals surface area contributed by atoms with Gasteiger partial charge in [-0.15, -0.1) is 0 Å². The topological polar surface area (TPSA) is 70.6 Å². The van der Waals surface area contributed by atoms with Gasteiger partial charge in [-0.3, -0.25) is 4.79 Å². The standard InChI is InChI=1S/C7H11N3O2S/c1-4(13-2)6(11)9-5-3-8-7(12)10-5/h4H,3H2,1-2H3,(H2,8,9,10,11,12). The average Bonchev–Trinajstić information content (AvgIpc) is 2.49. The van der Waals surface area contributed by atoms with Crippen LogP contribution in [0.2, 0.25) is 0 Å². The Balaban J connectivity index is 2.45. The molecular formula is C7H11N3O2S. The van der Waals surface area contributed by atoms with E-state index in [1.54, 1.807) is 6.92 Å².